The summed E-state index contributed by atoms with van der Waals surface area (Å²) < 4.78 is 0. The van der Waals surface area contributed by atoms with E-state index in [0.717, 1.165) is 22.3 Å². The van der Waals surface area contributed by atoms with Crippen molar-refractivity contribution in [2.45, 2.75) is 0 Å². The zero-order chi connectivity index (χ0) is 14.8. The van der Waals surface area contributed by atoms with Crippen molar-refractivity contribution in [3.05, 3.63) is 71.0 Å². The minimum absolute atomic E-state index is 0.192. The van der Waals surface area contributed by atoms with Crippen LogP contribution in [-0.4, -0.2) is 10.1 Å². The molecule has 0 aliphatic heterocycles. The summed E-state index contributed by atoms with van der Waals surface area (Å²) in [5, 5.41) is 11.0. The van der Waals surface area contributed by atoms with Gasteiger partial charge in [-0.05, 0) is 53.1 Å². The Kier molecular flexibility index (Phi) is 3.82. The standard InChI is InChI=1S/C17H11Cl2NO/c18-16-4-3-11(9-17(16)19)13-6-14(8-15(21)7-13)12-2-1-5-20-10-12/h1-10,21H. The van der Waals surface area contributed by atoms with Gasteiger partial charge in [0.05, 0.1) is 10.0 Å². The van der Waals surface area contributed by atoms with Crippen LogP contribution < -0.4 is 0 Å². The third-order valence-corrected chi connectivity index (χ3v) is 3.90. The Morgan fingerprint density at radius 2 is 1.52 bits per heavy atom. The fourth-order valence-electron chi connectivity index (χ4n) is 2.15. The van der Waals surface area contributed by atoms with Crippen molar-refractivity contribution in [2.24, 2.45) is 0 Å². The van der Waals surface area contributed by atoms with Crippen LogP contribution in [0.1, 0.15) is 0 Å². The first-order valence-electron chi connectivity index (χ1n) is 6.33. The molecule has 21 heavy (non-hydrogen) atoms. The van der Waals surface area contributed by atoms with E-state index in [-0.39, 0.29) is 5.75 Å². The van der Waals surface area contributed by atoms with Gasteiger partial charge in [0, 0.05) is 18.0 Å². The van der Waals surface area contributed by atoms with E-state index in [4.69, 9.17) is 23.2 Å². The largest absolute Gasteiger partial charge is 0.508 e. The van der Waals surface area contributed by atoms with Crippen molar-refractivity contribution in [3.63, 3.8) is 0 Å². The molecular weight excluding hydrogens is 305 g/mol. The average molecular weight is 316 g/mol. The maximum absolute atomic E-state index is 9.96. The molecule has 0 aliphatic rings. The highest BCUT2D eigenvalue weighted by atomic mass is 35.5. The van der Waals surface area contributed by atoms with Gasteiger partial charge in [0.15, 0.2) is 0 Å². The molecule has 1 N–H and O–H groups in total. The SMILES string of the molecule is Oc1cc(-c2cccnc2)cc(-c2ccc(Cl)c(Cl)c2)c1. The summed E-state index contributed by atoms with van der Waals surface area (Å²) in [6.45, 7) is 0. The molecule has 0 amide bonds. The number of phenols is 1. The summed E-state index contributed by atoms with van der Waals surface area (Å²) in [5.41, 5.74) is 3.59. The van der Waals surface area contributed by atoms with E-state index in [0.29, 0.717) is 10.0 Å². The van der Waals surface area contributed by atoms with Gasteiger partial charge in [0.25, 0.3) is 0 Å². The minimum Gasteiger partial charge on any atom is -0.508 e. The van der Waals surface area contributed by atoms with Crippen molar-refractivity contribution >= 4 is 23.2 Å². The van der Waals surface area contributed by atoms with Crippen LogP contribution in [-0.2, 0) is 0 Å². The number of hydrogen-bond donors (Lipinski definition) is 1. The Hall–Kier alpha value is -2.03. The fraction of sp³-hybridized carbons (Fsp3) is 0. The average Bonchev–Trinajstić information content (AvgIpc) is 2.50. The molecule has 0 unspecified atom stereocenters. The van der Waals surface area contributed by atoms with Crippen LogP contribution in [0.25, 0.3) is 22.3 Å². The Balaban J connectivity index is 2.11. The summed E-state index contributed by atoms with van der Waals surface area (Å²) in [6.07, 6.45) is 3.47. The molecule has 104 valence electrons. The second-order valence-corrected chi connectivity index (χ2v) is 5.45. The lowest BCUT2D eigenvalue weighted by Gasteiger charge is -2.08. The molecule has 3 rings (SSSR count). The van der Waals surface area contributed by atoms with Crippen molar-refractivity contribution in [3.8, 4) is 28.0 Å². The molecule has 1 heterocycles. The predicted molar refractivity (Wildman–Crippen MR) is 86.8 cm³/mol. The summed E-state index contributed by atoms with van der Waals surface area (Å²) in [6, 6.07) is 14.6. The van der Waals surface area contributed by atoms with Crippen LogP contribution >= 0.6 is 23.2 Å². The van der Waals surface area contributed by atoms with Crippen molar-refractivity contribution in [1.82, 2.24) is 4.98 Å². The number of aromatic hydroxyl groups is 1. The van der Waals surface area contributed by atoms with Crippen molar-refractivity contribution < 1.29 is 5.11 Å². The number of aromatic nitrogens is 1. The fourth-order valence-corrected chi connectivity index (χ4v) is 2.45. The quantitative estimate of drug-likeness (QED) is 0.684. The van der Waals surface area contributed by atoms with Crippen LogP contribution in [0, 0.1) is 0 Å². The summed E-state index contributed by atoms with van der Waals surface area (Å²) >= 11 is 12.0. The number of pyridine rings is 1. The highest BCUT2D eigenvalue weighted by Gasteiger charge is 2.07. The van der Waals surface area contributed by atoms with Crippen molar-refractivity contribution in [1.29, 1.82) is 0 Å². The van der Waals surface area contributed by atoms with Gasteiger partial charge in [-0.1, -0.05) is 35.3 Å². The van der Waals surface area contributed by atoms with E-state index >= 15 is 0 Å². The highest BCUT2D eigenvalue weighted by molar-refractivity contribution is 6.42. The lowest BCUT2D eigenvalue weighted by Crippen LogP contribution is -1.83. The van der Waals surface area contributed by atoms with Crippen LogP contribution in [0.3, 0.4) is 0 Å². The van der Waals surface area contributed by atoms with Gasteiger partial charge in [-0.15, -0.1) is 0 Å². The van der Waals surface area contributed by atoms with Crippen LogP contribution in [0.5, 0.6) is 5.75 Å². The molecule has 0 bridgehead atoms. The third-order valence-electron chi connectivity index (χ3n) is 3.17. The lowest BCUT2D eigenvalue weighted by molar-refractivity contribution is 0.476. The van der Waals surface area contributed by atoms with Gasteiger partial charge in [-0.25, -0.2) is 0 Å². The number of halogens is 2. The van der Waals surface area contributed by atoms with E-state index in [9.17, 15) is 5.11 Å². The monoisotopic (exact) mass is 315 g/mol. The summed E-state index contributed by atoms with van der Waals surface area (Å²) in [5.74, 6) is 0.192. The summed E-state index contributed by atoms with van der Waals surface area (Å²) in [7, 11) is 0. The first-order chi connectivity index (χ1) is 10.1. The van der Waals surface area contributed by atoms with E-state index in [2.05, 4.69) is 4.98 Å². The molecule has 4 heteroatoms. The van der Waals surface area contributed by atoms with Crippen LogP contribution in [0.2, 0.25) is 10.0 Å². The molecule has 1 aromatic heterocycles. The first-order valence-corrected chi connectivity index (χ1v) is 7.09. The Labute approximate surface area is 132 Å². The molecule has 0 saturated heterocycles. The topological polar surface area (TPSA) is 33.1 Å². The number of phenolic OH excluding ortho intramolecular Hbond substituents is 1. The maximum Gasteiger partial charge on any atom is 0.116 e. The first kappa shape index (κ1) is 13.9. The number of benzene rings is 2. The minimum atomic E-state index is 0.192. The highest BCUT2D eigenvalue weighted by Crippen LogP contribution is 2.33. The molecule has 0 spiro atoms. The molecule has 2 nitrogen and oxygen atoms in total. The number of hydrogen-bond acceptors (Lipinski definition) is 2. The predicted octanol–water partition coefficient (Wildman–Crippen LogP) is 5.43. The van der Waals surface area contributed by atoms with Gasteiger partial charge in [0.2, 0.25) is 0 Å². The van der Waals surface area contributed by atoms with Gasteiger partial charge in [-0.3, -0.25) is 4.98 Å². The second-order valence-electron chi connectivity index (χ2n) is 4.64. The Morgan fingerprint density at radius 1 is 0.762 bits per heavy atom. The zero-order valence-corrected chi connectivity index (χ0v) is 12.4. The molecule has 0 aliphatic carbocycles. The number of rotatable bonds is 2. The zero-order valence-electron chi connectivity index (χ0n) is 10.9. The van der Waals surface area contributed by atoms with E-state index in [1.54, 1.807) is 36.7 Å². The molecule has 2 aromatic carbocycles. The molecule has 0 atom stereocenters. The molecular formula is C17H11Cl2NO. The van der Waals surface area contributed by atoms with Gasteiger partial charge in [-0.2, -0.15) is 0 Å². The third kappa shape index (κ3) is 3.02. The normalized spacial score (nSPS) is 10.6. The summed E-state index contributed by atoms with van der Waals surface area (Å²) in [4.78, 5) is 4.10. The number of nitrogens with zero attached hydrogens (tertiary/aromatic N) is 1. The smallest absolute Gasteiger partial charge is 0.116 e. The van der Waals surface area contributed by atoms with Crippen LogP contribution in [0.4, 0.5) is 0 Å². The lowest BCUT2D eigenvalue weighted by atomic mass is 9.99. The van der Waals surface area contributed by atoms with Gasteiger partial charge in [0.1, 0.15) is 5.75 Å². The van der Waals surface area contributed by atoms with Crippen molar-refractivity contribution in [2.75, 3.05) is 0 Å². The molecule has 0 saturated carbocycles. The van der Waals surface area contributed by atoms with Gasteiger partial charge < -0.3 is 5.11 Å². The second kappa shape index (κ2) is 5.76. The van der Waals surface area contributed by atoms with E-state index < -0.39 is 0 Å². The maximum atomic E-state index is 9.96. The molecule has 0 fully saturated rings. The van der Waals surface area contributed by atoms with Crippen LogP contribution in [0.15, 0.2) is 60.9 Å². The molecule has 0 radical (unpaired) electrons. The van der Waals surface area contributed by atoms with E-state index in [1.807, 2.05) is 24.3 Å². The van der Waals surface area contributed by atoms with E-state index in [1.165, 1.54) is 0 Å². The molecule has 3 aromatic rings. The Morgan fingerprint density at radius 3 is 2.19 bits per heavy atom. The Bertz CT molecular complexity index is 788. The van der Waals surface area contributed by atoms with Gasteiger partial charge >= 0.3 is 0 Å².